The zero-order valence-corrected chi connectivity index (χ0v) is 11.9. The van der Waals surface area contributed by atoms with Gasteiger partial charge in [-0.3, -0.25) is 0 Å². The average Bonchev–Trinajstić information content (AvgIpc) is 2.09. The molecule has 2 fully saturated rings. The van der Waals surface area contributed by atoms with Crippen LogP contribution in [0.5, 0.6) is 0 Å². The molecule has 2 rings (SSSR count). The monoisotopic (exact) mass is 238 g/mol. The lowest BCUT2D eigenvalue weighted by molar-refractivity contribution is 0.0935. The van der Waals surface area contributed by atoms with Crippen LogP contribution < -0.4 is 10.6 Å². The van der Waals surface area contributed by atoms with Gasteiger partial charge in [-0.2, -0.15) is 0 Å². The summed E-state index contributed by atoms with van der Waals surface area (Å²) in [7, 11) is 2.08. The summed E-state index contributed by atoms with van der Waals surface area (Å²) in [6, 6.07) is 0. The van der Waals surface area contributed by atoms with E-state index in [0.29, 0.717) is 10.8 Å². The van der Waals surface area contributed by atoms with E-state index in [0.717, 1.165) is 5.92 Å². The van der Waals surface area contributed by atoms with Crippen LogP contribution in [0, 0.1) is 16.7 Å². The highest BCUT2D eigenvalue weighted by atomic mass is 14.9. The third-order valence-electron chi connectivity index (χ3n) is 5.26. The van der Waals surface area contributed by atoms with E-state index in [1.54, 1.807) is 0 Å². The molecule has 0 unspecified atom stereocenters. The molecule has 0 atom stereocenters. The third kappa shape index (κ3) is 3.03. The normalized spacial score (nSPS) is 24.2. The van der Waals surface area contributed by atoms with Crippen molar-refractivity contribution in [3.63, 3.8) is 0 Å². The van der Waals surface area contributed by atoms with Crippen molar-refractivity contribution < 1.29 is 0 Å². The maximum absolute atomic E-state index is 3.76. The van der Waals surface area contributed by atoms with Crippen LogP contribution in [0.1, 0.15) is 52.4 Å². The summed E-state index contributed by atoms with van der Waals surface area (Å²) in [5.74, 6) is 0.969. The molecule has 0 amide bonds. The Morgan fingerprint density at radius 3 is 2.24 bits per heavy atom. The van der Waals surface area contributed by atoms with Gasteiger partial charge in [-0.25, -0.2) is 0 Å². The number of rotatable bonds is 7. The first kappa shape index (κ1) is 13.4. The Morgan fingerprint density at radius 1 is 1.12 bits per heavy atom. The highest BCUT2D eigenvalue weighted by Crippen LogP contribution is 2.42. The predicted molar refractivity (Wildman–Crippen MR) is 74.2 cm³/mol. The van der Waals surface area contributed by atoms with Crippen molar-refractivity contribution in [2.75, 3.05) is 26.7 Å². The largest absolute Gasteiger partial charge is 0.319 e. The van der Waals surface area contributed by atoms with Gasteiger partial charge in [0.05, 0.1) is 0 Å². The van der Waals surface area contributed by atoms with E-state index in [9.17, 15) is 0 Å². The van der Waals surface area contributed by atoms with Crippen molar-refractivity contribution in [1.29, 1.82) is 0 Å². The van der Waals surface area contributed by atoms with Gasteiger partial charge in [0, 0.05) is 19.6 Å². The molecule has 2 nitrogen and oxygen atoms in total. The van der Waals surface area contributed by atoms with E-state index in [1.807, 2.05) is 0 Å². The first-order valence-electron chi connectivity index (χ1n) is 7.43. The number of hydrogen-bond acceptors (Lipinski definition) is 2. The maximum atomic E-state index is 3.76. The van der Waals surface area contributed by atoms with E-state index in [4.69, 9.17) is 0 Å². The van der Waals surface area contributed by atoms with Gasteiger partial charge in [-0.05, 0) is 49.5 Å². The lowest BCUT2D eigenvalue weighted by atomic mass is 9.66. The average molecular weight is 238 g/mol. The Morgan fingerprint density at radius 2 is 1.82 bits per heavy atom. The number of nitrogens with one attached hydrogen (secondary N) is 2. The van der Waals surface area contributed by atoms with Crippen molar-refractivity contribution in [1.82, 2.24) is 10.6 Å². The molecule has 100 valence electrons. The quantitative estimate of drug-likeness (QED) is 0.713. The molecular weight excluding hydrogens is 208 g/mol. The van der Waals surface area contributed by atoms with E-state index in [1.165, 1.54) is 58.2 Å². The Hall–Kier alpha value is -0.0800. The van der Waals surface area contributed by atoms with Gasteiger partial charge in [-0.1, -0.05) is 26.7 Å². The SMILES string of the molecule is CNCC1(CNCC(C)(C)C2CCC2)CCC1. The molecule has 0 aromatic carbocycles. The Bertz CT molecular complexity index is 237. The Labute approximate surface area is 107 Å². The fourth-order valence-corrected chi connectivity index (χ4v) is 3.45. The van der Waals surface area contributed by atoms with Crippen LogP contribution in [0.3, 0.4) is 0 Å². The minimum atomic E-state index is 0.503. The van der Waals surface area contributed by atoms with Crippen molar-refractivity contribution in [2.45, 2.75) is 52.4 Å². The molecule has 2 aliphatic rings. The molecule has 0 spiro atoms. The zero-order valence-electron chi connectivity index (χ0n) is 11.9. The van der Waals surface area contributed by atoms with Crippen molar-refractivity contribution in [3.05, 3.63) is 0 Å². The highest BCUT2D eigenvalue weighted by Gasteiger charge is 2.37. The predicted octanol–water partition coefficient (Wildman–Crippen LogP) is 2.79. The summed E-state index contributed by atoms with van der Waals surface area (Å²) in [5, 5.41) is 7.13. The van der Waals surface area contributed by atoms with E-state index in [2.05, 4.69) is 31.5 Å². The topological polar surface area (TPSA) is 24.1 Å². The maximum Gasteiger partial charge on any atom is 0.00202 e. The van der Waals surface area contributed by atoms with Gasteiger partial charge in [0.1, 0.15) is 0 Å². The molecule has 0 aliphatic heterocycles. The molecule has 0 aromatic heterocycles. The lowest BCUT2D eigenvalue weighted by Gasteiger charge is -2.45. The van der Waals surface area contributed by atoms with Gasteiger partial charge < -0.3 is 10.6 Å². The molecular formula is C15H30N2. The van der Waals surface area contributed by atoms with Crippen LogP contribution in [-0.2, 0) is 0 Å². The molecule has 17 heavy (non-hydrogen) atoms. The van der Waals surface area contributed by atoms with Gasteiger partial charge in [-0.15, -0.1) is 0 Å². The van der Waals surface area contributed by atoms with Crippen LogP contribution in [-0.4, -0.2) is 26.7 Å². The summed E-state index contributed by atoms with van der Waals surface area (Å²) in [5.41, 5.74) is 1.08. The van der Waals surface area contributed by atoms with Crippen LogP contribution >= 0.6 is 0 Å². The number of hydrogen-bond donors (Lipinski definition) is 2. The minimum Gasteiger partial charge on any atom is -0.319 e. The van der Waals surface area contributed by atoms with Crippen molar-refractivity contribution in [2.24, 2.45) is 16.7 Å². The van der Waals surface area contributed by atoms with E-state index < -0.39 is 0 Å². The smallest absolute Gasteiger partial charge is 0.00202 e. The second-order valence-electron chi connectivity index (χ2n) is 7.10. The summed E-state index contributed by atoms with van der Waals surface area (Å²) < 4.78 is 0. The minimum absolute atomic E-state index is 0.503. The molecule has 2 saturated carbocycles. The second-order valence-corrected chi connectivity index (χ2v) is 7.10. The van der Waals surface area contributed by atoms with Crippen molar-refractivity contribution in [3.8, 4) is 0 Å². The molecule has 2 heteroatoms. The Balaban J connectivity index is 1.70. The van der Waals surface area contributed by atoms with Gasteiger partial charge in [0.2, 0.25) is 0 Å². The van der Waals surface area contributed by atoms with Crippen molar-refractivity contribution >= 4 is 0 Å². The molecule has 0 bridgehead atoms. The van der Waals surface area contributed by atoms with E-state index in [-0.39, 0.29) is 0 Å². The first-order valence-corrected chi connectivity index (χ1v) is 7.43. The molecule has 0 heterocycles. The highest BCUT2D eigenvalue weighted by molar-refractivity contribution is 4.92. The van der Waals surface area contributed by atoms with Crippen LogP contribution in [0.4, 0.5) is 0 Å². The zero-order chi connectivity index (χ0) is 12.4. The fourth-order valence-electron chi connectivity index (χ4n) is 3.45. The molecule has 0 radical (unpaired) electrons. The molecule has 2 aliphatic carbocycles. The van der Waals surface area contributed by atoms with E-state index >= 15 is 0 Å². The van der Waals surface area contributed by atoms with Crippen LogP contribution in [0.2, 0.25) is 0 Å². The Kier molecular flexibility index (Phi) is 4.14. The van der Waals surface area contributed by atoms with Crippen LogP contribution in [0.25, 0.3) is 0 Å². The first-order chi connectivity index (χ1) is 8.08. The lowest BCUT2D eigenvalue weighted by Crippen LogP contribution is -2.49. The molecule has 0 saturated heterocycles. The fraction of sp³-hybridized carbons (Fsp3) is 1.00. The standard InChI is InChI=1S/C15H30N2/c1-14(2,13-6-4-7-13)10-17-12-15(11-16-3)8-5-9-15/h13,16-17H,4-12H2,1-3H3. The van der Waals surface area contributed by atoms with Crippen LogP contribution in [0.15, 0.2) is 0 Å². The third-order valence-corrected chi connectivity index (χ3v) is 5.26. The molecule has 2 N–H and O–H groups in total. The second kappa shape index (κ2) is 5.27. The van der Waals surface area contributed by atoms with Gasteiger partial charge in [0.15, 0.2) is 0 Å². The summed E-state index contributed by atoms with van der Waals surface area (Å²) in [4.78, 5) is 0. The molecule has 0 aromatic rings. The summed E-state index contributed by atoms with van der Waals surface area (Å²) in [6.07, 6.45) is 8.61. The van der Waals surface area contributed by atoms with Gasteiger partial charge in [0.25, 0.3) is 0 Å². The summed E-state index contributed by atoms with van der Waals surface area (Å²) in [6.45, 7) is 8.47. The van der Waals surface area contributed by atoms with Gasteiger partial charge >= 0.3 is 0 Å². The summed E-state index contributed by atoms with van der Waals surface area (Å²) >= 11 is 0.